The summed E-state index contributed by atoms with van der Waals surface area (Å²) >= 11 is 0. The van der Waals surface area contributed by atoms with Crippen molar-refractivity contribution in [3.63, 3.8) is 0 Å². The van der Waals surface area contributed by atoms with Gasteiger partial charge < -0.3 is 10.2 Å². The number of para-hydroxylation sites is 2. The van der Waals surface area contributed by atoms with Crippen molar-refractivity contribution >= 4 is 0 Å². The molecule has 15 heavy (non-hydrogen) atoms. The van der Waals surface area contributed by atoms with Gasteiger partial charge in [-0.15, -0.1) is 0 Å². The molecule has 0 bridgehead atoms. The van der Waals surface area contributed by atoms with Crippen LogP contribution in [-0.2, 0) is 16.5 Å². The summed E-state index contributed by atoms with van der Waals surface area (Å²) in [5.74, 6) is 0.644. The third-order valence-electron chi connectivity index (χ3n) is 1.51. The van der Waals surface area contributed by atoms with E-state index in [-0.39, 0.29) is 16.5 Å². The van der Waals surface area contributed by atoms with Crippen LogP contribution in [0.15, 0.2) is 60.7 Å². The van der Waals surface area contributed by atoms with Gasteiger partial charge in [0.2, 0.25) is 0 Å². The Bertz CT molecular complexity index is 311. The molecule has 0 radical (unpaired) electrons. The van der Waals surface area contributed by atoms with E-state index in [1.807, 2.05) is 12.1 Å². The number of aromatic hydroxyl groups is 2. The first-order valence-corrected chi connectivity index (χ1v) is 4.27. The van der Waals surface area contributed by atoms with Gasteiger partial charge in [-0.2, -0.15) is 0 Å². The van der Waals surface area contributed by atoms with Crippen LogP contribution in [-0.4, -0.2) is 10.2 Å². The van der Waals surface area contributed by atoms with Crippen molar-refractivity contribution in [3.05, 3.63) is 60.7 Å². The molecular weight excluding hydrogens is 235 g/mol. The minimum absolute atomic E-state index is 0. The molecule has 2 N–H and O–H groups in total. The van der Waals surface area contributed by atoms with E-state index < -0.39 is 0 Å². The maximum Gasteiger partial charge on any atom is 0.115 e. The summed E-state index contributed by atoms with van der Waals surface area (Å²) in [6.45, 7) is 0. The Hall–Kier alpha value is -1.47. The first-order chi connectivity index (χ1) is 6.79. The molecule has 0 aliphatic rings. The van der Waals surface area contributed by atoms with Crippen molar-refractivity contribution in [1.82, 2.24) is 0 Å². The van der Waals surface area contributed by atoms with Crippen LogP contribution in [0.4, 0.5) is 0 Å². The largest absolute Gasteiger partial charge is 0.508 e. The summed E-state index contributed by atoms with van der Waals surface area (Å²) in [7, 11) is 0. The molecule has 0 saturated heterocycles. The minimum atomic E-state index is 0. The van der Waals surface area contributed by atoms with Gasteiger partial charge in [-0.3, -0.25) is 0 Å². The molecule has 3 heteroatoms. The quantitative estimate of drug-likeness (QED) is 0.702. The summed E-state index contributed by atoms with van der Waals surface area (Å²) in [5, 5.41) is 17.3. The molecule has 0 amide bonds. The van der Waals surface area contributed by atoms with E-state index in [0.29, 0.717) is 11.5 Å². The Kier molecular flexibility index (Phi) is 7.12. The molecular formula is C12H12NiO2. The molecule has 82 valence electrons. The van der Waals surface area contributed by atoms with Crippen molar-refractivity contribution in [2.45, 2.75) is 0 Å². The van der Waals surface area contributed by atoms with Gasteiger partial charge >= 0.3 is 0 Å². The Morgan fingerprint density at radius 2 is 0.800 bits per heavy atom. The van der Waals surface area contributed by atoms with Crippen molar-refractivity contribution in [1.29, 1.82) is 0 Å². The van der Waals surface area contributed by atoms with E-state index in [2.05, 4.69) is 0 Å². The fourth-order valence-electron chi connectivity index (χ4n) is 0.856. The third-order valence-corrected chi connectivity index (χ3v) is 1.51. The number of benzene rings is 2. The van der Waals surface area contributed by atoms with Crippen LogP contribution < -0.4 is 0 Å². The molecule has 0 unspecified atom stereocenters. The van der Waals surface area contributed by atoms with Crippen LogP contribution in [0, 0.1) is 0 Å². The van der Waals surface area contributed by atoms with Gasteiger partial charge in [-0.1, -0.05) is 36.4 Å². The average Bonchev–Trinajstić information content (AvgIpc) is 2.21. The Balaban J connectivity index is 0.000000245. The van der Waals surface area contributed by atoms with Crippen molar-refractivity contribution < 1.29 is 26.7 Å². The zero-order chi connectivity index (χ0) is 10.2. The molecule has 0 fully saturated rings. The Morgan fingerprint density at radius 1 is 0.533 bits per heavy atom. The van der Waals surface area contributed by atoms with Gasteiger partial charge in [0.25, 0.3) is 0 Å². The number of rotatable bonds is 0. The molecule has 0 atom stereocenters. The van der Waals surface area contributed by atoms with Crippen LogP contribution in [0.3, 0.4) is 0 Å². The number of phenolic OH excluding ortho intramolecular Hbond substituents is 2. The Labute approximate surface area is 99.1 Å². The first kappa shape index (κ1) is 13.5. The number of hydrogen-bond donors (Lipinski definition) is 2. The van der Waals surface area contributed by atoms with Gasteiger partial charge in [0.15, 0.2) is 0 Å². The smallest absolute Gasteiger partial charge is 0.115 e. The Morgan fingerprint density at radius 3 is 0.933 bits per heavy atom. The molecule has 0 aliphatic carbocycles. The molecule has 0 heterocycles. The van der Waals surface area contributed by atoms with Crippen molar-refractivity contribution in [3.8, 4) is 11.5 Å². The number of phenols is 2. The molecule has 2 nitrogen and oxygen atoms in total. The molecule has 2 aromatic rings. The van der Waals surface area contributed by atoms with E-state index in [1.165, 1.54) is 0 Å². The minimum Gasteiger partial charge on any atom is -0.508 e. The summed E-state index contributed by atoms with van der Waals surface area (Å²) in [5.41, 5.74) is 0. The zero-order valence-corrected chi connectivity index (χ0v) is 8.97. The third kappa shape index (κ3) is 6.58. The first-order valence-electron chi connectivity index (χ1n) is 4.27. The van der Waals surface area contributed by atoms with E-state index in [9.17, 15) is 0 Å². The molecule has 0 spiro atoms. The van der Waals surface area contributed by atoms with Gasteiger partial charge in [-0.25, -0.2) is 0 Å². The average molecular weight is 247 g/mol. The molecule has 2 aromatic carbocycles. The van der Waals surface area contributed by atoms with Gasteiger partial charge in [0.05, 0.1) is 0 Å². The van der Waals surface area contributed by atoms with Crippen LogP contribution in [0.5, 0.6) is 11.5 Å². The number of hydrogen-bond acceptors (Lipinski definition) is 2. The van der Waals surface area contributed by atoms with Gasteiger partial charge in [0.1, 0.15) is 11.5 Å². The van der Waals surface area contributed by atoms with E-state index in [1.54, 1.807) is 48.5 Å². The zero-order valence-electron chi connectivity index (χ0n) is 7.98. The van der Waals surface area contributed by atoms with Crippen LogP contribution in [0.25, 0.3) is 0 Å². The maximum absolute atomic E-state index is 8.63. The predicted octanol–water partition coefficient (Wildman–Crippen LogP) is 2.78. The fraction of sp³-hybridized carbons (Fsp3) is 0. The summed E-state index contributed by atoms with van der Waals surface area (Å²) < 4.78 is 0. The van der Waals surface area contributed by atoms with Gasteiger partial charge in [-0.05, 0) is 24.3 Å². The maximum atomic E-state index is 8.63. The van der Waals surface area contributed by atoms with E-state index >= 15 is 0 Å². The second kappa shape index (κ2) is 7.89. The van der Waals surface area contributed by atoms with Gasteiger partial charge in [0, 0.05) is 16.5 Å². The monoisotopic (exact) mass is 246 g/mol. The normalized spacial score (nSPS) is 8.00. The second-order valence-electron chi connectivity index (χ2n) is 2.67. The second-order valence-corrected chi connectivity index (χ2v) is 2.67. The summed E-state index contributed by atoms with van der Waals surface area (Å²) in [4.78, 5) is 0. The topological polar surface area (TPSA) is 40.5 Å². The van der Waals surface area contributed by atoms with Crippen LogP contribution in [0.2, 0.25) is 0 Å². The predicted molar refractivity (Wildman–Crippen MR) is 56.2 cm³/mol. The SMILES string of the molecule is Oc1ccccc1.Oc1ccccc1.[Ni]. The fourth-order valence-corrected chi connectivity index (χ4v) is 0.856. The van der Waals surface area contributed by atoms with E-state index in [4.69, 9.17) is 10.2 Å². The molecule has 2 rings (SSSR count). The molecule has 0 saturated carbocycles. The van der Waals surface area contributed by atoms with Crippen molar-refractivity contribution in [2.24, 2.45) is 0 Å². The summed E-state index contributed by atoms with van der Waals surface area (Å²) in [6.07, 6.45) is 0. The summed E-state index contributed by atoms with van der Waals surface area (Å²) in [6, 6.07) is 17.4. The standard InChI is InChI=1S/2C6H6O.Ni/c2*7-6-4-2-1-3-5-6;/h2*1-5,7H;. The molecule has 0 aromatic heterocycles. The van der Waals surface area contributed by atoms with Crippen molar-refractivity contribution in [2.75, 3.05) is 0 Å². The van der Waals surface area contributed by atoms with Crippen LogP contribution >= 0.6 is 0 Å². The molecule has 0 aliphatic heterocycles. The van der Waals surface area contributed by atoms with Crippen LogP contribution in [0.1, 0.15) is 0 Å². The van der Waals surface area contributed by atoms with E-state index in [0.717, 1.165) is 0 Å².